The number of aliphatic carboxylic acids is 1. The van der Waals surface area contributed by atoms with Gasteiger partial charge in [-0.15, -0.1) is 0 Å². The highest BCUT2D eigenvalue weighted by Gasteiger charge is 2.63. The molecule has 1 saturated heterocycles. The highest BCUT2D eigenvalue weighted by Crippen LogP contribution is 2.45. The van der Waals surface area contributed by atoms with Crippen LogP contribution in [0.2, 0.25) is 0 Å². The number of carbonyl (C=O) groups excluding carboxylic acids is 1. The molecule has 1 saturated carbocycles. The summed E-state index contributed by atoms with van der Waals surface area (Å²) >= 11 is 0. The molecule has 1 amide bonds. The lowest BCUT2D eigenvalue weighted by molar-refractivity contribution is -0.146. The first-order valence-corrected chi connectivity index (χ1v) is 6.20. The molecule has 7 heteroatoms. The van der Waals surface area contributed by atoms with Gasteiger partial charge in [-0.25, -0.2) is 14.0 Å². The lowest BCUT2D eigenvalue weighted by atomic mass is 9.97. The number of likely N-dealkylation sites (tertiary alicyclic amines) is 1. The van der Waals surface area contributed by atoms with Gasteiger partial charge in [0.25, 0.3) is 0 Å². The summed E-state index contributed by atoms with van der Waals surface area (Å²) in [4.78, 5) is 24.1. The van der Waals surface area contributed by atoms with Gasteiger partial charge < -0.3 is 14.9 Å². The molecule has 2 aliphatic rings. The maximum Gasteiger partial charge on any atom is 0.411 e. The third-order valence-electron chi connectivity index (χ3n) is 3.53. The average Bonchev–Trinajstić information content (AvgIpc) is 2.65. The fourth-order valence-electron chi connectivity index (χ4n) is 2.90. The number of hydrogen-bond acceptors (Lipinski definition) is 4. The van der Waals surface area contributed by atoms with Crippen LogP contribution in [-0.4, -0.2) is 57.1 Å². The van der Waals surface area contributed by atoms with E-state index < -0.39 is 47.9 Å². The number of piperidine rings is 1. The summed E-state index contributed by atoms with van der Waals surface area (Å²) in [6.45, 7) is 4.91. The quantitative estimate of drug-likeness (QED) is 0.738. The van der Waals surface area contributed by atoms with Crippen LogP contribution in [-0.2, 0) is 9.53 Å². The van der Waals surface area contributed by atoms with Crippen molar-refractivity contribution in [2.75, 3.05) is 0 Å². The smallest absolute Gasteiger partial charge is 0.411 e. The van der Waals surface area contributed by atoms with E-state index in [1.54, 1.807) is 20.8 Å². The van der Waals surface area contributed by atoms with Gasteiger partial charge in [0.15, 0.2) is 0 Å². The van der Waals surface area contributed by atoms with Crippen LogP contribution in [0.1, 0.15) is 27.2 Å². The number of carboxylic acids is 1. The van der Waals surface area contributed by atoms with Crippen LogP contribution in [0.3, 0.4) is 0 Å². The van der Waals surface area contributed by atoms with E-state index >= 15 is 0 Å². The van der Waals surface area contributed by atoms with Gasteiger partial charge in [-0.1, -0.05) is 0 Å². The summed E-state index contributed by atoms with van der Waals surface area (Å²) < 4.78 is 19.1. The van der Waals surface area contributed by atoms with Gasteiger partial charge >= 0.3 is 12.1 Å². The van der Waals surface area contributed by atoms with Crippen molar-refractivity contribution in [2.45, 2.75) is 57.2 Å². The van der Waals surface area contributed by atoms with Crippen molar-refractivity contribution in [3.8, 4) is 0 Å². The second kappa shape index (κ2) is 4.33. The number of rotatable bonds is 1. The molecule has 0 spiro atoms. The van der Waals surface area contributed by atoms with Crippen LogP contribution in [0, 0.1) is 5.92 Å². The molecule has 1 heterocycles. The summed E-state index contributed by atoms with van der Waals surface area (Å²) in [5, 5.41) is 18.9. The van der Waals surface area contributed by atoms with Crippen molar-refractivity contribution < 1.29 is 28.9 Å². The maximum atomic E-state index is 14.0. The molecule has 1 aliphatic carbocycles. The second-order valence-electron chi connectivity index (χ2n) is 6.07. The predicted molar refractivity (Wildman–Crippen MR) is 62.3 cm³/mol. The summed E-state index contributed by atoms with van der Waals surface area (Å²) in [6.07, 6.45) is -3.40. The van der Waals surface area contributed by atoms with E-state index in [0.717, 1.165) is 4.90 Å². The zero-order chi connectivity index (χ0) is 14.5. The standard InChI is InChI=1S/C12H18FNO5/c1-12(2,3)19-11(18)14-8(10(16)17)5-4-6(15)9(14)7(5)13/h5-9,15H,4H2,1-3H3,(H,16,17)/t5-,6-,7-,8+,9+/m1/s1. The number of halogens is 1. The van der Waals surface area contributed by atoms with Gasteiger partial charge in [0.1, 0.15) is 17.8 Å². The number of carbonyl (C=O) groups is 2. The van der Waals surface area contributed by atoms with E-state index in [0.29, 0.717) is 0 Å². The lowest BCUT2D eigenvalue weighted by Gasteiger charge is -2.35. The van der Waals surface area contributed by atoms with Gasteiger partial charge in [-0.3, -0.25) is 4.90 Å². The lowest BCUT2D eigenvalue weighted by Crippen LogP contribution is -2.55. The molecule has 0 aromatic rings. The fraction of sp³-hybridized carbons (Fsp3) is 0.833. The molecule has 19 heavy (non-hydrogen) atoms. The van der Waals surface area contributed by atoms with Crippen molar-refractivity contribution in [1.82, 2.24) is 4.90 Å². The largest absolute Gasteiger partial charge is 0.480 e. The molecule has 2 N–H and O–H groups in total. The van der Waals surface area contributed by atoms with Crippen LogP contribution in [0.5, 0.6) is 0 Å². The molecule has 2 rings (SSSR count). The van der Waals surface area contributed by atoms with Crippen molar-refractivity contribution in [3.05, 3.63) is 0 Å². The number of hydrogen-bond donors (Lipinski definition) is 2. The summed E-state index contributed by atoms with van der Waals surface area (Å²) in [6, 6.07) is -2.39. The molecular formula is C12H18FNO5. The maximum absolute atomic E-state index is 14.0. The number of ether oxygens (including phenoxy) is 1. The highest BCUT2D eigenvalue weighted by molar-refractivity contribution is 5.82. The number of aliphatic hydroxyl groups is 1. The summed E-state index contributed by atoms with van der Waals surface area (Å²) in [5.41, 5.74) is -0.807. The second-order valence-corrected chi connectivity index (χ2v) is 6.07. The Morgan fingerprint density at radius 3 is 2.42 bits per heavy atom. The molecule has 6 nitrogen and oxygen atoms in total. The van der Waals surface area contributed by atoms with Crippen LogP contribution in [0.25, 0.3) is 0 Å². The van der Waals surface area contributed by atoms with E-state index in [1.165, 1.54) is 0 Å². The average molecular weight is 275 g/mol. The summed E-state index contributed by atoms with van der Waals surface area (Å²) in [7, 11) is 0. The van der Waals surface area contributed by atoms with Gasteiger partial charge in [0, 0.05) is 5.92 Å². The fourth-order valence-corrected chi connectivity index (χ4v) is 2.90. The van der Waals surface area contributed by atoms with E-state index in [4.69, 9.17) is 9.84 Å². The zero-order valence-corrected chi connectivity index (χ0v) is 11.0. The number of nitrogens with zero attached hydrogens (tertiary/aromatic N) is 1. The molecule has 0 aromatic carbocycles. The topological polar surface area (TPSA) is 87.1 Å². The van der Waals surface area contributed by atoms with E-state index in [1.807, 2.05) is 0 Å². The third kappa shape index (κ3) is 2.27. The number of amides is 1. The first-order chi connectivity index (χ1) is 8.63. The Labute approximate surface area is 110 Å². The van der Waals surface area contributed by atoms with Gasteiger partial charge in [0.2, 0.25) is 0 Å². The van der Waals surface area contributed by atoms with E-state index in [-0.39, 0.29) is 6.42 Å². The Morgan fingerprint density at radius 2 is 1.95 bits per heavy atom. The SMILES string of the molecule is CC(C)(C)OC(=O)N1[C@@H]2[C@H](F)[C@@H](C[C@H]2O)[C@H]1C(=O)O. The Hall–Kier alpha value is -1.37. The normalized spacial score (nSPS) is 37.5. The van der Waals surface area contributed by atoms with Crippen LogP contribution >= 0.6 is 0 Å². The molecule has 1 aliphatic heterocycles. The number of carboxylic acid groups (broad SMARTS) is 1. The van der Waals surface area contributed by atoms with Gasteiger partial charge in [-0.2, -0.15) is 0 Å². The van der Waals surface area contributed by atoms with Gasteiger partial charge in [-0.05, 0) is 27.2 Å². The molecule has 0 radical (unpaired) electrons. The van der Waals surface area contributed by atoms with Crippen LogP contribution in [0.15, 0.2) is 0 Å². The minimum Gasteiger partial charge on any atom is -0.480 e. The first-order valence-electron chi connectivity index (χ1n) is 6.20. The Bertz CT molecular complexity index is 407. The van der Waals surface area contributed by atoms with Crippen molar-refractivity contribution >= 4 is 12.1 Å². The molecular weight excluding hydrogens is 257 g/mol. The third-order valence-corrected chi connectivity index (χ3v) is 3.53. The number of alkyl halides is 1. The molecule has 2 fully saturated rings. The van der Waals surface area contributed by atoms with E-state index in [9.17, 15) is 19.1 Å². The first kappa shape index (κ1) is 14.0. The van der Waals surface area contributed by atoms with Gasteiger partial charge in [0.05, 0.1) is 12.1 Å². The van der Waals surface area contributed by atoms with Crippen molar-refractivity contribution in [2.24, 2.45) is 5.92 Å². The zero-order valence-electron chi connectivity index (χ0n) is 11.0. The van der Waals surface area contributed by atoms with Crippen LogP contribution in [0.4, 0.5) is 9.18 Å². The molecule has 108 valence electrons. The Kier molecular flexibility index (Phi) is 3.20. The molecule has 2 bridgehead atoms. The van der Waals surface area contributed by atoms with E-state index in [2.05, 4.69) is 0 Å². The Balaban J connectivity index is 2.26. The monoisotopic (exact) mass is 275 g/mol. The van der Waals surface area contributed by atoms with Crippen LogP contribution < -0.4 is 0 Å². The predicted octanol–water partition coefficient (Wildman–Crippen LogP) is 0.778. The summed E-state index contributed by atoms with van der Waals surface area (Å²) in [5.74, 6) is -2.14. The van der Waals surface area contributed by atoms with Crippen molar-refractivity contribution in [3.63, 3.8) is 0 Å². The van der Waals surface area contributed by atoms with Crippen molar-refractivity contribution in [1.29, 1.82) is 0 Å². The molecule has 5 atom stereocenters. The number of aliphatic hydroxyl groups excluding tert-OH is 1. The highest BCUT2D eigenvalue weighted by atomic mass is 19.1. The minimum atomic E-state index is -1.52. The molecule has 0 unspecified atom stereocenters. The minimum absolute atomic E-state index is 0.0576. The number of fused-ring (bicyclic) bond motifs is 2. The molecule has 0 aromatic heterocycles. The Morgan fingerprint density at radius 1 is 1.37 bits per heavy atom.